The molecule has 1 atom stereocenters. The first-order valence-corrected chi connectivity index (χ1v) is 9.42. The highest BCUT2D eigenvalue weighted by atomic mass is 16.5. The van der Waals surface area contributed by atoms with Gasteiger partial charge in [-0.1, -0.05) is 36.4 Å². The van der Waals surface area contributed by atoms with E-state index in [0.717, 1.165) is 38.2 Å². The predicted molar refractivity (Wildman–Crippen MR) is 109 cm³/mol. The van der Waals surface area contributed by atoms with Crippen LogP contribution >= 0.6 is 0 Å². The first kappa shape index (κ1) is 18.5. The van der Waals surface area contributed by atoms with Gasteiger partial charge in [-0.15, -0.1) is 0 Å². The van der Waals surface area contributed by atoms with Gasteiger partial charge in [0.15, 0.2) is 5.96 Å². The summed E-state index contributed by atoms with van der Waals surface area (Å²) in [5.74, 6) is 1.10. The Morgan fingerprint density at radius 1 is 1.12 bits per heavy atom. The highest BCUT2D eigenvalue weighted by Gasteiger charge is 2.20. The van der Waals surface area contributed by atoms with E-state index in [1.807, 2.05) is 12.1 Å². The second kappa shape index (κ2) is 8.86. The molecule has 1 fully saturated rings. The smallest absolute Gasteiger partial charge is 0.193 e. The number of rotatable bonds is 5. The van der Waals surface area contributed by atoms with Crippen LogP contribution in [0.2, 0.25) is 0 Å². The average molecular weight is 351 g/mol. The second-order valence-corrected chi connectivity index (χ2v) is 7.16. The number of nitrogens with two attached hydrogens (primary N) is 1. The van der Waals surface area contributed by atoms with E-state index < -0.39 is 0 Å². The summed E-state index contributed by atoms with van der Waals surface area (Å²) < 4.78 is 5.50. The average Bonchev–Trinajstić information content (AvgIpc) is 2.66. The van der Waals surface area contributed by atoms with E-state index >= 15 is 0 Å². The maximum atomic E-state index is 6.25. The first-order valence-electron chi connectivity index (χ1n) is 9.42. The monoisotopic (exact) mass is 351 g/mol. The molecule has 4 heteroatoms. The Hall–Kier alpha value is -2.33. The summed E-state index contributed by atoms with van der Waals surface area (Å²) in [6.45, 7) is 5.92. The molecule has 0 radical (unpaired) electrons. The van der Waals surface area contributed by atoms with Gasteiger partial charge in [0.25, 0.3) is 0 Å². The zero-order valence-electron chi connectivity index (χ0n) is 15.7. The van der Waals surface area contributed by atoms with Crippen molar-refractivity contribution in [3.8, 4) is 0 Å². The van der Waals surface area contributed by atoms with Gasteiger partial charge in [-0.25, -0.2) is 4.99 Å². The first-order chi connectivity index (χ1) is 12.6. The highest BCUT2D eigenvalue weighted by Crippen LogP contribution is 2.30. The fourth-order valence-corrected chi connectivity index (χ4v) is 3.40. The predicted octanol–water partition coefficient (Wildman–Crippen LogP) is 4.59. The van der Waals surface area contributed by atoms with Crippen LogP contribution in [0.3, 0.4) is 0 Å². The number of aryl methyl sites for hydroxylation is 2. The van der Waals surface area contributed by atoms with Crippen LogP contribution in [0.5, 0.6) is 0 Å². The Labute approximate surface area is 156 Å². The molecule has 0 amide bonds. The Bertz CT molecular complexity index is 736. The van der Waals surface area contributed by atoms with E-state index in [2.05, 4.69) is 55.6 Å². The Morgan fingerprint density at radius 2 is 1.85 bits per heavy atom. The van der Waals surface area contributed by atoms with Crippen LogP contribution in [0.25, 0.3) is 0 Å². The minimum atomic E-state index is 0.0679. The molecule has 0 aliphatic carbocycles. The van der Waals surface area contributed by atoms with Gasteiger partial charge < -0.3 is 15.8 Å². The van der Waals surface area contributed by atoms with Gasteiger partial charge in [0.1, 0.15) is 0 Å². The molecule has 2 aromatic carbocycles. The van der Waals surface area contributed by atoms with Crippen LogP contribution in [0.1, 0.15) is 42.0 Å². The molecule has 26 heavy (non-hydrogen) atoms. The van der Waals surface area contributed by atoms with Crippen LogP contribution < -0.4 is 11.1 Å². The lowest BCUT2D eigenvalue weighted by atomic mass is 9.90. The summed E-state index contributed by atoms with van der Waals surface area (Å²) in [7, 11) is 0. The standard InChI is InChI=1S/C22H29N3O/c1-16-8-9-20(14-17(16)2)24-22(23)25-21(19-6-4-3-5-7-19)15-18-10-12-26-13-11-18/h3-9,14,18,21H,10-13,15H2,1-2H3,(H3,23,24,25). The molecule has 1 aliphatic heterocycles. The molecular formula is C22H29N3O. The van der Waals surface area contributed by atoms with Crippen molar-refractivity contribution in [2.75, 3.05) is 18.5 Å². The quantitative estimate of drug-likeness (QED) is 0.612. The van der Waals surface area contributed by atoms with Crippen LogP contribution in [0.4, 0.5) is 5.69 Å². The lowest BCUT2D eigenvalue weighted by Crippen LogP contribution is -2.25. The number of hydrogen-bond acceptors (Lipinski definition) is 2. The molecule has 2 aromatic rings. The van der Waals surface area contributed by atoms with Crippen molar-refractivity contribution in [2.24, 2.45) is 16.6 Å². The van der Waals surface area contributed by atoms with Crippen molar-refractivity contribution in [3.63, 3.8) is 0 Å². The summed E-state index contributed by atoms with van der Waals surface area (Å²) in [6, 6.07) is 16.8. The fraction of sp³-hybridized carbons (Fsp3) is 0.409. The van der Waals surface area contributed by atoms with E-state index in [-0.39, 0.29) is 6.04 Å². The summed E-state index contributed by atoms with van der Waals surface area (Å²) in [5.41, 5.74) is 11.0. The van der Waals surface area contributed by atoms with Gasteiger partial charge in [0.2, 0.25) is 0 Å². The number of benzene rings is 2. The van der Waals surface area contributed by atoms with E-state index in [1.54, 1.807) is 0 Å². The molecule has 1 aliphatic rings. The van der Waals surface area contributed by atoms with Gasteiger partial charge in [-0.3, -0.25) is 0 Å². The maximum absolute atomic E-state index is 6.25. The minimum Gasteiger partial charge on any atom is -0.381 e. The highest BCUT2D eigenvalue weighted by molar-refractivity contribution is 5.92. The van der Waals surface area contributed by atoms with Gasteiger partial charge in [0, 0.05) is 18.9 Å². The van der Waals surface area contributed by atoms with E-state index in [1.165, 1.54) is 16.7 Å². The zero-order chi connectivity index (χ0) is 18.4. The summed E-state index contributed by atoms with van der Waals surface area (Å²) in [6.07, 6.45) is 3.20. The number of anilines is 1. The van der Waals surface area contributed by atoms with Crippen LogP contribution in [0.15, 0.2) is 53.5 Å². The third kappa shape index (κ3) is 5.09. The van der Waals surface area contributed by atoms with Crippen molar-refractivity contribution in [1.29, 1.82) is 0 Å². The SMILES string of the molecule is Cc1ccc(NC(N)=NC(CC2CCOCC2)c2ccccc2)cc1C. The fourth-order valence-electron chi connectivity index (χ4n) is 3.40. The molecule has 4 nitrogen and oxygen atoms in total. The van der Waals surface area contributed by atoms with Crippen molar-refractivity contribution >= 4 is 11.6 Å². The molecule has 0 spiro atoms. The van der Waals surface area contributed by atoms with Crippen LogP contribution in [0, 0.1) is 19.8 Å². The van der Waals surface area contributed by atoms with Crippen LogP contribution in [-0.4, -0.2) is 19.2 Å². The molecule has 3 N–H and O–H groups in total. The minimum absolute atomic E-state index is 0.0679. The Kier molecular flexibility index (Phi) is 6.29. The number of aliphatic imine (C=N–C) groups is 1. The molecular weight excluding hydrogens is 322 g/mol. The third-order valence-corrected chi connectivity index (χ3v) is 5.16. The van der Waals surface area contributed by atoms with Gasteiger partial charge in [0.05, 0.1) is 6.04 Å². The molecule has 1 saturated heterocycles. The van der Waals surface area contributed by atoms with Gasteiger partial charge in [-0.2, -0.15) is 0 Å². The Morgan fingerprint density at radius 3 is 2.54 bits per heavy atom. The normalized spacial score (nSPS) is 17.1. The molecule has 1 unspecified atom stereocenters. The Balaban J connectivity index is 1.76. The maximum Gasteiger partial charge on any atom is 0.193 e. The zero-order valence-corrected chi connectivity index (χ0v) is 15.7. The molecule has 0 bridgehead atoms. The van der Waals surface area contributed by atoms with Crippen molar-refractivity contribution < 1.29 is 4.74 Å². The van der Waals surface area contributed by atoms with E-state index in [0.29, 0.717) is 11.9 Å². The van der Waals surface area contributed by atoms with Gasteiger partial charge in [-0.05, 0) is 67.9 Å². The van der Waals surface area contributed by atoms with Crippen molar-refractivity contribution in [3.05, 3.63) is 65.2 Å². The lowest BCUT2D eigenvalue weighted by Gasteiger charge is -2.25. The van der Waals surface area contributed by atoms with E-state index in [9.17, 15) is 0 Å². The lowest BCUT2D eigenvalue weighted by molar-refractivity contribution is 0.0619. The summed E-state index contributed by atoms with van der Waals surface area (Å²) in [5, 5.41) is 3.25. The third-order valence-electron chi connectivity index (χ3n) is 5.16. The molecule has 138 valence electrons. The number of nitrogens with zero attached hydrogens (tertiary/aromatic N) is 1. The van der Waals surface area contributed by atoms with Crippen LogP contribution in [-0.2, 0) is 4.74 Å². The molecule has 1 heterocycles. The molecule has 3 rings (SSSR count). The van der Waals surface area contributed by atoms with Crippen molar-refractivity contribution in [2.45, 2.75) is 39.2 Å². The molecule has 0 aromatic heterocycles. The second-order valence-electron chi connectivity index (χ2n) is 7.16. The van der Waals surface area contributed by atoms with Crippen molar-refractivity contribution in [1.82, 2.24) is 0 Å². The molecule has 0 saturated carbocycles. The number of hydrogen-bond donors (Lipinski definition) is 2. The van der Waals surface area contributed by atoms with E-state index in [4.69, 9.17) is 15.5 Å². The number of nitrogens with one attached hydrogen (secondary N) is 1. The summed E-state index contributed by atoms with van der Waals surface area (Å²) in [4.78, 5) is 4.83. The van der Waals surface area contributed by atoms with Gasteiger partial charge >= 0.3 is 0 Å². The largest absolute Gasteiger partial charge is 0.381 e. The number of guanidine groups is 1. The topological polar surface area (TPSA) is 59.6 Å². The number of ether oxygens (including phenoxy) is 1. The summed E-state index contributed by atoms with van der Waals surface area (Å²) >= 11 is 0.